The maximum Gasteiger partial charge on any atom is 0.315 e. The molecule has 0 saturated heterocycles. The summed E-state index contributed by atoms with van der Waals surface area (Å²) >= 11 is 5.56. The van der Waals surface area contributed by atoms with Crippen molar-refractivity contribution >= 4 is 23.6 Å². The van der Waals surface area contributed by atoms with Gasteiger partial charge in [-0.15, -0.1) is 0 Å². The van der Waals surface area contributed by atoms with E-state index in [1.807, 2.05) is 30.3 Å². The van der Waals surface area contributed by atoms with E-state index in [1.165, 1.54) is 0 Å². The summed E-state index contributed by atoms with van der Waals surface area (Å²) < 4.78 is 0. The minimum Gasteiger partial charge on any atom is -0.481 e. The summed E-state index contributed by atoms with van der Waals surface area (Å²) in [6, 6.07) is 8.43. The van der Waals surface area contributed by atoms with Crippen LogP contribution in [0.5, 0.6) is 0 Å². The molecule has 0 fully saturated rings. The van der Waals surface area contributed by atoms with E-state index >= 15 is 0 Å². The number of hydrogen-bond acceptors (Lipinski definition) is 2. The Bertz CT molecular complexity index is 477. The van der Waals surface area contributed by atoms with Crippen molar-refractivity contribution < 1.29 is 14.7 Å². The number of rotatable bonds is 7. The van der Waals surface area contributed by atoms with Gasteiger partial charge in [0.2, 0.25) is 0 Å². The highest BCUT2D eigenvalue weighted by Gasteiger charge is 2.15. The second kappa shape index (κ2) is 8.22. The van der Waals surface area contributed by atoms with Crippen molar-refractivity contribution in [1.29, 1.82) is 0 Å². The number of halogens is 1. The topological polar surface area (TPSA) is 78.4 Å². The third kappa shape index (κ3) is 6.24. The van der Waals surface area contributed by atoms with Gasteiger partial charge in [0.05, 0.1) is 12.6 Å². The monoisotopic (exact) mass is 296 g/mol. The lowest BCUT2D eigenvalue weighted by Gasteiger charge is -2.19. The number of carboxylic acid groups (broad SMARTS) is 1. The molecule has 1 aromatic carbocycles. The van der Waals surface area contributed by atoms with Crippen molar-refractivity contribution in [2.45, 2.75) is 18.9 Å². The molecule has 2 amide bonds. The van der Waals surface area contributed by atoms with Crippen LogP contribution in [-0.2, 0) is 4.79 Å². The van der Waals surface area contributed by atoms with Crippen LogP contribution in [0.4, 0.5) is 4.79 Å². The zero-order chi connectivity index (χ0) is 15.0. The molecule has 0 aliphatic carbocycles. The van der Waals surface area contributed by atoms with Crippen molar-refractivity contribution in [2.24, 2.45) is 0 Å². The van der Waals surface area contributed by atoms with Gasteiger partial charge in [-0.2, -0.15) is 0 Å². The molecule has 20 heavy (non-hydrogen) atoms. The normalized spacial score (nSPS) is 11.4. The zero-order valence-electron chi connectivity index (χ0n) is 10.9. The van der Waals surface area contributed by atoms with E-state index < -0.39 is 12.0 Å². The second-order valence-corrected chi connectivity index (χ2v) is 4.77. The van der Waals surface area contributed by atoms with E-state index in [4.69, 9.17) is 16.7 Å². The number of hydrogen-bond donors (Lipinski definition) is 3. The molecule has 0 aliphatic heterocycles. The highest BCUT2D eigenvalue weighted by molar-refractivity contribution is 6.29. The number of amides is 2. The van der Waals surface area contributed by atoms with E-state index in [2.05, 4.69) is 17.2 Å². The standard InChI is InChI=1S/C14H17ClN2O3/c1-10(15)9-16-14(20)17-12(7-8-13(18)19)11-5-3-2-4-6-11/h2-6,12H,1,7-9H2,(H,18,19)(H2,16,17,20). The van der Waals surface area contributed by atoms with Gasteiger partial charge >= 0.3 is 12.0 Å². The van der Waals surface area contributed by atoms with Crippen LogP contribution < -0.4 is 10.6 Å². The summed E-state index contributed by atoms with van der Waals surface area (Å²) in [7, 11) is 0. The Hall–Kier alpha value is -2.01. The first-order valence-corrected chi connectivity index (χ1v) is 6.51. The molecule has 0 bridgehead atoms. The first kappa shape index (κ1) is 16.0. The number of benzene rings is 1. The number of nitrogens with one attached hydrogen (secondary N) is 2. The molecule has 0 heterocycles. The second-order valence-electron chi connectivity index (χ2n) is 4.24. The Morgan fingerprint density at radius 3 is 2.50 bits per heavy atom. The predicted octanol–water partition coefficient (Wildman–Crippen LogP) is 2.64. The van der Waals surface area contributed by atoms with Gasteiger partial charge in [0.25, 0.3) is 0 Å². The highest BCUT2D eigenvalue weighted by Crippen LogP contribution is 2.18. The highest BCUT2D eigenvalue weighted by atomic mass is 35.5. The van der Waals surface area contributed by atoms with Gasteiger partial charge in [0, 0.05) is 11.5 Å². The summed E-state index contributed by atoms with van der Waals surface area (Å²) in [5.41, 5.74) is 0.855. The minimum atomic E-state index is -0.901. The average molecular weight is 297 g/mol. The van der Waals surface area contributed by atoms with E-state index in [9.17, 15) is 9.59 Å². The Morgan fingerprint density at radius 2 is 1.95 bits per heavy atom. The molecule has 1 atom stereocenters. The Labute approximate surface area is 122 Å². The molecular weight excluding hydrogens is 280 g/mol. The third-order valence-electron chi connectivity index (χ3n) is 2.59. The van der Waals surface area contributed by atoms with E-state index in [0.29, 0.717) is 11.5 Å². The molecule has 0 saturated carbocycles. The van der Waals surface area contributed by atoms with Crippen molar-refractivity contribution in [3.8, 4) is 0 Å². The lowest BCUT2D eigenvalue weighted by atomic mass is 10.0. The van der Waals surface area contributed by atoms with Crippen molar-refractivity contribution in [1.82, 2.24) is 10.6 Å². The lowest BCUT2D eigenvalue weighted by molar-refractivity contribution is -0.137. The van der Waals surface area contributed by atoms with Gasteiger partial charge in [-0.1, -0.05) is 48.5 Å². The maximum atomic E-state index is 11.7. The zero-order valence-corrected chi connectivity index (χ0v) is 11.7. The van der Waals surface area contributed by atoms with Crippen LogP contribution in [0.1, 0.15) is 24.4 Å². The molecule has 5 nitrogen and oxygen atoms in total. The summed E-state index contributed by atoms with van der Waals surface area (Å²) in [5, 5.41) is 14.4. The number of carbonyl (C=O) groups excluding carboxylic acids is 1. The fourth-order valence-electron chi connectivity index (χ4n) is 1.66. The minimum absolute atomic E-state index is 0.0257. The van der Waals surface area contributed by atoms with Crippen LogP contribution >= 0.6 is 11.6 Å². The van der Waals surface area contributed by atoms with Gasteiger partial charge in [-0.25, -0.2) is 4.79 Å². The Morgan fingerprint density at radius 1 is 1.30 bits per heavy atom. The summed E-state index contributed by atoms with van der Waals surface area (Å²) in [4.78, 5) is 22.4. The molecule has 0 radical (unpaired) electrons. The lowest BCUT2D eigenvalue weighted by Crippen LogP contribution is -2.38. The van der Waals surface area contributed by atoms with Crippen LogP contribution in [0.3, 0.4) is 0 Å². The van der Waals surface area contributed by atoms with Gasteiger partial charge in [-0.05, 0) is 12.0 Å². The summed E-state index contributed by atoms with van der Waals surface area (Å²) in [6.07, 6.45) is 0.288. The summed E-state index contributed by atoms with van der Waals surface area (Å²) in [6.45, 7) is 3.63. The molecule has 1 rings (SSSR count). The SMILES string of the molecule is C=C(Cl)CNC(=O)NC(CCC(=O)O)c1ccccc1. The van der Waals surface area contributed by atoms with Crippen molar-refractivity contribution in [2.75, 3.05) is 6.54 Å². The average Bonchev–Trinajstić information content (AvgIpc) is 2.42. The molecule has 1 aromatic rings. The fraction of sp³-hybridized carbons (Fsp3) is 0.286. The smallest absolute Gasteiger partial charge is 0.315 e. The third-order valence-corrected chi connectivity index (χ3v) is 2.73. The molecule has 0 spiro atoms. The number of urea groups is 1. The number of carboxylic acids is 1. The molecule has 0 aliphatic rings. The van der Waals surface area contributed by atoms with Crippen LogP contribution in [0.2, 0.25) is 0 Å². The van der Waals surface area contributed by atoms with Gasteiger partial charge in [0.1, 0.15) is 0 Å². The van der Waals surface area contributed by atoms with E-state index in [0.717, 1.165) is 5.56 Å². The molecule has 3 N–H and O–H groups in total. The van der Waals surface area contributed by atoms with Crippen molar-refractivity contribution in [3.63, 3.8) is 0 Å². The first-order chi connectivity index (χ1) is 9.49. The Kier molecular flexibility index (Phi) is 6.59. The van der Waals surface area contributed by atoms with Gasteiger partial charge in [-0.3, -0.25) is 4.79 Å². The van der Waals surface area contributed by atoms with Crippen molar-refractivity contribution in [3.05, 3.63) is 47.5 Å². The molecule has 0 aromatic heterocycles. The van der Waals surface area contributed by atoms with E-state index in [1.54, 1.807) is 0 Å². The maximum absolute atomic E-state index is 11.7. The van der Waals surface area contributed by atoms with Gasteiger partial charge < -0.3 is 15.7 Å². The Balaban J connectivity index is 2.65. The molecule has 6 heteroatoms. The van der Waals surface area contributed by atoms with Crippen LogP contribution in [-0.4, -0.2) is 23.7 Å². The van der Waals surface area contributed by atoms with Crippen LogP contribution in [0.25, 0.3) is 0 Å². The summed E-state index contributed by atoms with van der Waals surface area (Å²) in [5.74, 6) is -0.901. The van der Waals surface area contributed by atoms with Crippen LogP contribution in [0.15, 0.2) is 41.9 Å². The van der Waals surface area contributed by atoms with E-state index in [-0.39, 0.29) is 19.0 Å². The molecule has 108 valence electrons. The predicted molar refractivity (Wildman–Crippen MR) is 77.6 cm³/mol. The fourth-order valence-corrected chi connectivity index (χ4v) is 1.73. The van der Waals surface area contributed by atoms with Crippen LogP contribution in [0, 0.1) is 0 Å². The largest absolute Gasteiger partial charge is 0.481 e. The number of aliphatic carboxylic acids is 1. The quantitative estimate of drug-likeness (QED) is 0.724. The number of carbonyl (C=O) groups is 2. The van der Waals surface area contributed by atoms with Gasteiger partial charge in [0.15, 0.2) is 0 Å². The molecule has 1 unspecified atom stereocenters. The first-order valence-electron chi connectivity index (χ1n) is 6.13. The molecular formula is C14H17ClN2O3.